The molecule has 1 unspecified atom stereocenters. The van der Waals surface area contributed by atoms with Crippen LogP contribution >= 0.6 is 0 Å². The van der Waals surface area contributed by atoms with Crippen LogP contribution in [0.2, 0.25) is 0 Å². The number of rotatable bonds is 4. The molecule has 132 valence electrons. The van der Waals surface area contributed by atoms with E-state index in [-0.39, 0.29) is 19.1 Å². The first kappa shape index (κ1) is 16.1. The molecule has 1 fully saturated rings. The number of hydrogen-bond acceptors (Lipinski definition) is 5. The van der Waals surface area contributed by atoms with Crippen LogP contribution in [0.5, 0.6) is 11.5 Å². The summed E-state index contributed by atoms with van der Waals surface area (Å²) >= 11 is 0. The summed E-state index contributed by atoms with van der Waals surface area (Å²) in [6.45, 7) is 1.42. The summed E-state index contributed by atoms with van der Waals surface area (Å²) in [5, 5.41) is 2.68. The summed E-state index contributed by atoms with van der Waals surface area (Å²) < 4.78 is 10.6. The van der Waals surface area contributed by atoms with Crippen molar-refractivity contribution in [2.45, 2.75) is 12.5 Å². The third-order valence-corrected chi connectivity index (χ3v) is 4.62. The molecule has 0 bridgehead atoms. The average molecular weight is 352 g/mol. The molecule has 2 aromatic carbocycles. The van der Waals surface area contributed by atoms with Crippen LogP contribution in [0.3, 0.4) is 0 Å². The van der Waals surface area contributed by atoms with Gasteiger partial charge in [0, 0.05) is 5.56 Å². The number of hydrogen-bond donors (Lipinski definition) is 1. The fourth-order valence-electron chi connectivity index (χ4n) is 3.10. The van der Waals surface area contributed by atoms with E-state index in [1.165, 1.54) is 0 Å². The fraction of sp³-hybridized carbons (Fsp3) is 0.211. The smallest absolute Gasteiger partial charge is 0.325 e. The average Bonchev–Trinajstić information content (AvgIpc) is 3.21. The van der Waals surface area contributed by atoms with E-state index >= 15 is 0 Å². The highest BCUT2D eigenvalue weighted by Crippen LogP contribution is 2.37. The lowest BCUT2D eigenvalue weighted by atomic mass is 9.91. The van der Waals surface area contributed by atoms with Crippen LogP contribution in [0.4, 0.5) is 4.79 Å². The minimum atomic E-state index is -1.27. The Hall–Kier alpha value is -3.35. The van der Waals surface area contributed by atoms with Crippen molar-refractivity contribution in [1.82, 2.24) is 10.2 Å². The zero-order valence-electron chi connectivity index (χ0n) is 14.0. The molecule has 0 radical (unpaired) electrons. The minimum absolute atomic E-state index is 0.119. The molecule has 0 spiro atoms. The zero-order valence-corrected chi connectivity index (χ0v) is 14.0. The number of carbonyl (C=O) groups excluding carboxylic acids is 3. The summed E-state index contributed by atoms with van der Waals surface area (Å²) in [6, 6.07) is 13.0. The molecular weight excluding hydrogens is 336 g/mol. The van der Waals surface area contributed by atoms with Crippen LogP contribution in [-0.2, 0) is 10.3 Å². The SMILES string of the molecule is CC1(c2ccc3c(c2)OCO3)NC(=O)N(CC(=O)c2ccccc2)C1=O. The van der Waals surface area contributed by atoms with Crippen molar-refractivity contribution in [1.29, 1.82) is 0 Å². The van der Waals surface area contributed by atoms with Crippen molar-refractivity contribution in [3.05, 3.63) is 59.7 Å². The molecule has 3 amide bonds. The largest absolute Gasteiger partial charge is 0.454 e. The number of Topliss-reactive ketones (excluding diaryl/α,β-unsaturated/α-hetero) is 1. The number of imide groups is 1. The highest BCUT2D eigenvalue weighted by molar-refractivity contribution is 6.11. The Morgan fingerprint density at radius 1 is 1.12 bits per heavy atom. The van der Waals surface area contributed by atoms with Crippen LogP contribution in [0.25, 0.3) is 0 Å². The molecule has 26 heavy (non-hydrogen) atoms. The first-order chi connectivity index (χ1) is 12.5. The molecule has 7 heteroatoms. The van der Waals surface area contributed by atoms with E-state index < -0.39 is 17.5 Å². The van der Waals surface area contributed by atoms with Gasteiger partial charge >= 0.3 is 6.03 Å². The number of ketones is 1. The number of ether oxygens (including phenoxy) is 2. The molecule has 2 aromatic rings. The third kappa shape index (κ3) is 2.48. The summed E-state index contributed by atoms with van der Waals surface area (Å²) in [4.78, 5) is 38.6. The van der Waals surface area contributed by atoms with Gasteiger partial charge in [-0.05, 0) is 24.6 Å². The van der Waals surface area contributed by atoms with Gasteiger partial charge in [-0.25, -0.2) is 4.79 Å². The molecular formula is C19H16N2O5. The van der Waals surface area contributed by atoms with Gasteiger partial charge in [-0.3, -0.25) is 14.5 Å². The predicted molar refractivity (Wildman–Crippen MR) is 90.9 cm³/mol. The van der Waals surface area contributed by atoms with E-state index in [0.29, 0.717) is 22.6 Å². The molecule has 0 aliphatic carbocycles. The van der Waals surface area contributed by atoms with Crippen molar-refractivity contribution in [2.75, 3.05) is 13.3 Å². The molecule has 4 rings (SSSR count). The number of fused-ring (bicyclic) bond motifs is 1. The lowest BCUT2D eigenvalue weighted by Crippen LogP contribution is -2.41. The monoisotopic (exact) mass is 352 g/mol. The van der Waals surface area contributed by atoms with Crippen molar-refractivity contribution >= 4 is 17.7 Å². The number of benzene rings is 2. The van der Waals surface area contributed by atoms with Gasteiger partial charge < -0.3 is 14.8 Å². The number of urea groups is 1. The van der Waals surface area contributed by atoms with Gasteiger partial charge in [0.15, 0.2) is 17.3 Å². The van der Waals surface area contributed by atoms with Crippen LogP contribution in [0.1, 0.15) is 22.8 Å². The van der Waals surface area contributed by atoms with E-state index in [1.807, 2.05) is 0 Å². The maximum Gasteiger partial charge on any atom is 0.325 e. The standard InChI is InChI=1S/C19H16N2O5/c1-19(13-7-8-15-16(9-13)26-11-25-15)17(23)21(18(24)20-19)10-14(22)12-5-3-2-4-6-12/h2-9H,10-11H2,1H3,(H,20,24). The van der Waals surface area contributed by atoms with Gasteiger partial charge in [0.2, 0.25) is 6.79 Å². The molecule has 0 aromatic heterocycles. The van der Waals surface area contributed by atoms with E-state index in [0.717, 1.165) is 4.90 Å². The summed E-state index contributed by atoms with van der Waals surface area (Å²) in [5.74, 6) is 0.324. The number of carbonyl (C=O) groups is 3. The van der Waals surface area contributed by atoms with E-state index in [1.54, 1.807) is 55.5 Å². The van der Waals surface area contributed by atoms with Gasteiger partial charge in [0.1, 0.15) is 5.54 Å². The number of nitrogens with one attached hydrogen (secondary N) is 1. The molecule has 1 N–H and O–H groups in total. The molecule has 1 saturated heterocycles. The van der Waals surface area contributed by atoms with E-state index in [2.05, 4.69) is 5.32 Å². The van der Waals surface area contributed by atoms with Gasteiger partial charge in [0.25, 0.3) is 5.91 Å². The summed E-state index contributed by atoms with van der Waals surface area (Å²) in [5.41, 5.74) is -0.255. The Balaban J connectivity index is 1.59. The van der Waals surface area contributed by atoms with Crippen molar-refractivity contribution in [3.8, 4) is 11.5 Å². The second-order valence-electron chi connectivity index (χ2n) is 6.30. The number of nitrogens with zero attached hydrogens (tertiary/aromatic N) is 1. The van der Waals surface area contributed by atoms with E-state index in [9.17, 15) is 14.4 Å². The van der Waals surface area contributed by atoms with Gasteiger partial charge in [-0.1, -0.05) is 36.4 Å². The minimum Gasteiger partial charge on any atom is -0.454 e. The predicted octanol–water partition coefficient (Wildman–Crippen LogP) is 2.07. The van der Waals surface area contributed by atoms with Crippen molar-refractivity contribution < 1.29 is 23.9 Å². The maximum atomic E-state index is 12.9. The van der Waals surface area contributed by atoms with Gasteiger partial charge in [-0.15, -0.1) is 0 Å². The summed E-state index contributed by atoms with van der Waals surface area (Å²) in [6.07, 6.45) is 0. The van der Waals surface area contributed by atoms with Gasteiger partial charge in [0.05, 0.1) is 6.54 Å². The Labute approximate surface area is 149 Å². The van der Waals surface area contributed by atoms with Crippen LogP contribution in [0, 0.1) is 0 Å². The van der Waals surface area contributed by atoms with Crippen LogP contribution < -0.4 is 14.8 Å². The Kier molecular flexibility index (Phi) is 3.64. The molecule has 0 saturated carbocycles. The first-order valence-electron chi connectivity index (χ1n) is 8.11. The highest BCUT2D eigenvalue weighted by Gasteiger charge is 2.49. The van der Waals surface area contributed by atoms with Crippen LogP contribution in [0.15, 0.2) is 48.5 Å². The molecule has 2 heterocycles. The third-order valence-electron chi connectivity index (χ3n) is 4.62. The lowest BCUT2D eigenvalue weighted by molar-refractivity contribution is -0.130. The molecule has 2 aliphatic heterocycles. The molecule has 2 aliphatic rings. The molecule has 1 atom stereocenters. The highest BCUT2D eigenvalue weighted by atomic mass is 16.7. The van der Waals surface area contributed by atoms with Crippen molar-refractivity contribution in [2.24, 2.45) is 0 Å². The Bertz CT molecular complexity index is 911. The summed E-state index contributed by atoms with van der Waals surface area (Å²) in [7, 11) is 0. The fourth-order valence-corrected chi connectivity index (χ4v) is 3.10. The van der Waals surface area contributed by atoms with Crippen molar-refractivity contribution in [3.63, 3.8) is 0 Å². The Morgan fingerprint density at radius 3 is 2.62 bits per heavy atom. The molecule has 7 nitrogen and oxygen atoms in total. The van der Waals surface area contributed by atoms with Crippen LogP contribution in [-0.4, -0.2) is 36.0 Å². The second-order valence-corrected chi connectivity index (χ2v) is 6.30. The zero-order chi connectivity index (χ0) is 18.3. The first-order valence-corrected chi connectivity index (χ1v) is 8.11. The number of amides is 3. The van der Waals surface area contributed by atoms with E-state index in [4.69, 9.17) is 9.47 Å². The van der Waals surface area contributed by atoms with Gasteiger partial charge in [-0.2, -0.15) is 0 Å². The maximum absolute atomic E-state index is 12.9. The normalized spacial score (nSPS) is 21.0. The second kappa shape index (κ2) is 5.87. The quantitative estimate of drug-likeness (QED) is 0.673. The topological polar surface area (TPSA) is 84.9 Å². The lowest BCUT2D eigenvalue weighted by Gasteiger charge is -2.22. The Morgan fingerprint density at radius 2 is 1.85 bits per heavy atom.